The number of hydrogen-bond acceptors (Lipinski definition) is 2. The molecule has 116 valence electrons. The fourth-order valence-electron chi connectivity index (χ4n) is 1.91. The Morgan fingerprint density at radius 3 is 2.00 bits per heavy atom. The van der Waals surface area contributed by atoms with E-state index in [0.29, 0.717) is 0 Å². The van der Waals surface area contributed by atoms with Gasteiger partial charge in [0, 0.05) is 6.08 Å². The molecule has 0 radical (unpaired) electrons. The predicted octanol–water partition coefficient (Wildman–Crippen LogP) is 4.37. The second-order valence-corrected chi connectivity index (χ2v) is 6.65. The van der Waals surface area contributed by atoms with E-state index in [1.54, 1.807) is 25.1 Å². The van der Waals surface area contributed by atoms with E-state index in [1.165, 1.54) is 36.4 Å². The van der Waals surface area contributed by atoms with Gasteiger partial charge in [-0.25, -0.2) is 8.42 Å². The van der Waals surface area contributed by atoms with Crippen molar-refractivity contribution in [2.24, 2.45) is 0 Å². The molecule has 0 unspecified atom stereocenters. The van der Waals surface area contributed by atoms with Crippen molar-refractivity contribution in [1.29, 1.82) is 0 Å². The van der Waals surface area contributed by atoms with Crippen molar-refractivity contribution < 1.29 is 21.6 Å². The zero-order valence-corrected chi connectivity index (χ0v) is 12.4. The van der Waals surface area contributed by atoms with Crippen LogP contribution in [0.15, 0.2) is 65.6 Å². The van der Waals surface area contributed by atoms with E-state index in [-0.39, 0.29) is 16.5 Å². The lowest BCUT2D eigenvalue weighted by molar-refractivity contribution is -0.0792. The van der Waals surface area contributed by atoms with E-state index in [1.807, 2.05) is 0 Å². The van der Waals surface area contributed by atoms with Gasteiger partial charge in [0.25, 0.3) is 0 Å². The monoisotopic (exact) mass is 326 g/mol. The van der Waals surface area contributed by atoms with Crippen molar-refractivity contribution in [3.05, 3.63) is 71.8 Å². The van der Waals surface area contributed by atoms with Gasteiger partial charge in [0.1, 0.15) is 0 Å². The first kappa shape index (κ1) is 16.3. The molecule has 2 rings (SSSR count). The average molecular weight is 326 g/mol. The highest BCUT2D eigenvalue weighted by Gasteiger charge is 2.31. The fraction of sp³-hybridized carbons (Fsp3) is 0.125. The normalized spacial score (nSPS) is 13.2. The van der Waals surface area contributed by atoms with Crippen LogP contribution in [0.4, 0.5) is 13.2 Å². The molecular formula is C16H13F3O2S. The number of allylic oxidation sites excluding steroid dienone is 1. The third-order valence-electron chi connectivity index (χ3n) is 2.97. The number of alkyl halides is 3. The van der Waals surface area contributed by atoms with Crippen LogP contribution in [-0.4, -0.2) is 14.6 Å². The molecule has 0 aromatic heterocycles. The molecule has 0 spiro atoms. The Morgan fingerprint density at radius 1 is 0.955 bits per heavy atom. The Hall–Kier alpha value is -2.08. The molecule has 0 aliphatic heterocycles. The van der Waals surface area contributed by atoms with Crippen LogP contribution in [0.3, 0.4) is 0 Å². The molecule has 0 N–H and O–H groups in total. The number of benzene rings is 2. The molecule has 0 atom stereocenters. The van der Waals surface area contributed by atoms with Crippen molar-refractivity contribution >= 4 is 14.7 Å². The zero-order chi connectivity index (χ0) is 16.4. The summed E-state index contributed by atoms with van der Waals surface area (Å²) in [6, 6.07) is 12.9. The largest absolute Gasteiger partial charge is 0.411 e. The molecule has 22 heavy (non-hydrogen) atoms. The molecule has 2 aromatic rings. The van der Waals surface area contributed by atoms with Gasteiger partial charge in [-0.2, -0.15) is 13.2 Å². The zero-order valence-electron chi connectivity index (χ0n) is 11.6. The van der Waals surface area contributed by atoms with Crippen molar-refractivity contribution in [2.75, 3.05) is 0 Å². The highest BCUT2D eigenvalue weighted by molar-refractivity contribution is 8.00. The lowest BCUT2D eigenvalue weighted by atomic mass is 10.1. The molecule has 0 saturated carbocycles. The van der Waals surface area contributed by atoms with E-state index < -0.39 is 20.9 Å². The average Bonchev–Trinajstić information content (AvgIpc) is 2.46. The highest BCUT2D eigenvalue weighted by atomic mass is 32.2. The molecular weight excluding hydrogens is 313 g/mol. The molecule has 6 heteroatoms. The Morgan fingerprint density at radius 2 is 1.50 bits per heavy atom. The Labute approximate surface area is 126 Å². The third kappa shape index (κ3) is 3.76. The van der Waals surface area contributed by atoms with Crippen molar-refractivity contribution in [2.45, 2.75) is 18.0 Å². The molecule has 0 aliphatic rings. The Bertz CT molecular complexity index is 774. The van der Waals surface area contributed by atoms with Gasteiger partial charge >= 0.3 is 6.18 Å². The van der Waals surface area contributed by atoms with E-state index in [9.17, 15) is 21.6 Å². The summed E-state index contributed by atoms with van der Waals surface area (Å²) in [4.78, 5) is -0.933. The topological polar surface area (TPSA) is 34.1 Å². The maximum atomic E-state index is 12.8. The van der Waals surface area contributed by atoms with Crippen molar-refractivity contribution in [1.82, 2.24) is 0 Å². The van der Waals surface area contributed by atoms with Crippen LogP contribution in [0.1, 0.15) is 11.1 Å². The van der Waals surface area contributed by atoms with Gasteiger partial charge in [0.15, 0.2) is 0 Å². The SMILES string of the molecule is Cc1ccc(/C(=C\C(F)(F)F)S(=O)(=O)c2ccccc2)cc1. The molecule has 2 nitrogen and oxygen atoms in total. The van der Waals surface area contributed by atoms with Crippen LogP contribution in [-0.2, 0) is 9.84 Å². The predicted molar refractivity (Wildman–Crippen MR) is 78.8 cm³/mol. The summed E-state index contributed by atoms with van der Waals surface area (Å²) < 4.78 is 63.4. The van der Waals surface area contributed by atoms with Crippen LogP contribution in [0.25, 0.3) is 4.91 Å². The molecule has 0 bridgehead atoms. The lowest BCUT2D eigenvalue weighted by Crippen LogP contribution is -2.10. The van der Waals surface area contributed by atoms with Crippen LogP contribution in [0, 0.1) is 6.92 Å². The van der Waals surface area contributed by atoms with Gasteiger partial charge in [-0.05, 0) is 24.6 Å². The molecule has 0 fully saturated rings. The molecule has 0 saturated heterocycles. The maximum Gasteiger partial charge on any atom is 0.411 e. The number of rotatable bonds is 3. The second-order valence-electron chi connectivity index (χ2n) is 4.73. The fourth-order valence-corrected chi connectivity index (χ4v) is 3.41. The molecule has 0 amide bonds. The van der Waals surface area contributed by atoms with E-state index in [2.05, 4.69) is 0 Å². The first-order valence-electron chi connectivity index (χ1n) is 6.37. The quantitative estimate of drug-likeness (QED) is 0.839. The molecule has 0 heterocycles. The summed E-state index contributed by atoms with van der Waals surface area (Å²) >= 11 is 0. The Balaban J connectivity index is 2.65. The third-order valence-corrected chi connectivity index (χ3v) is 4.80. The van der Waals surface area contributed by atoms with Crippen LogP contribution >= 0.6 is 0 Å². The minimum absolute atomic E-state index is 0.00628. The highest BCUT2D eigenvalue weighted by Crippen LogP contribution is 2.32. The van der Waals surface area contributed by atoms with E-state index in [0.717, 1.165) is 5.56 Å². The van der Waals surface area contributed by atoms with Crippen molar-refractivity contribution in [3.8, 4) is 0 Å². The standard InChI is InChI=1S/C16H13F3O2S/c1-12-7-9-13(10-8-12)15(11-16(17,18)19)22(20,21)14-5-3-2-4-6-14/h2-11H,1H3/b15-11+. The summed E-state index contributed by atoms with van der Waals surface area (Å²) in [5.74, 6) is 0. The number of aryl methyl sites for hydroxylation is 1. The van der Waals surface area contributed by atoms with Crippen molar-refractivity contribution in [3.63, 3.8) is 0 Å². The first-order valence-corrected chi connectivity index (χ1v) is 7.85. The van der Waals surface area contributed by atoms with Gasteiger partial charge in [-0.15, -0.1) is 0 Å². The van der Waals surface area contributed by atoms with Gasteiger partial charge in [0.2, 0.25) is 9.84 Å². The smallest absolute Gasteiger partial charge is 0.218 e. The second kappa shape index (κ2) is 5.96. The van der Waals surface area contributed by atoms with Crippen LogP contribution in [0.2, 0.25) is 0 Å². The van der Waals surface area contributed by atoms with Gasteiger partial charge in [-0.1, -0.05) is 48.0 Å². The Kier molecular flexibility index (Phi) is 4.42. The van der Waals surface area contributed by atoms with Gasteiger partial charge in [0.05, 0.1) is 9.80 Å². The van der Waals surface area contributed by atoms with Crippen LogP contribution in [0.5, 0.6) is 0 Å². The summed E-state index contributed by atoms with van der Waals surface area (Å²) in [6.45, 7) is 1.77. The van der Waals surface area contributed by atoms with Gasteiger partial charge in [-0.3, -0.25) is 0 Å². The van der Waals surface area contributed by atoms with Crippen LogP contribution < -0.4 is 0 Å². The summed E-state index contributed by atoms with van der Waals surface area (Å²) in [7, 11) is -4.26. The first-order chi connectivity index (χ1) is 10.2. The summed E-state index contributed by atoms with van der Waals surface area (Å²) in [5, 5.41) is 0. The minimum Gasteiger partial charge on any atom is -0.218 e. The number of hydrogen-bond donors (Lipinski definition) is 0. The molecule has 0 aliphatic carbocycles. The van der Waals surface area contributed by atoms with E-state index in [4.69, 9.17) is 0 Å². The van der Waals surface area contributed by atoms with E-state index >= 15 is 0 Å². The summed E-state index contributed by atoms with van der Waals surface area (Å²) in [6.07, 6.45) is -4.90. The summed E-state index contributed by atoms with van der Waals surface area (Å²) in [5.41, 5.74) is 0.832. The molecule has 2 aromatic carbocycles. The lowest BCUT2D eigenvalue weighted by Gasteiger charge is -2.11. The number of halogens is 3. The number of sulfone groups is 1. The maximum absolute atomic E-state index is 12.8. The minimum atomic E-state index is -4.73. The van der Waals surface area contributed by atoms with Gasteiger partial charge < -0.3 is 0 Å².